The molecule has 0 atom stereocenters. The lowest BCUT2D eigenvalue weighted by molar-refractivity contribution is 0.315. The minimum Gasteiger partial charge on any atom is -0.243 e. The van der Waals surface area contributed by atoms with Crippen LogP contribution < -0.4 is 0 Å². The van der Waals surface area contributed by atoms with E-state index in [0.717, 1.165) is 17.5 Å². The Morgan fingerprint density at radius 1 is 1.21 bits per heavy atom. The highest BCUT2D eigenvalue weighted by atomic mass is 16.6. The first-order valence-electron chi connectivity index (χ1n) is 4.86. The van der Waals surface area contributed by atoms with Gasteiger partial charge in [-0.1, -0.05) is 26.8 Å². The van der Waals surface area contributed by atoms with Gasteiger partial charge in [0.15, 0.2) is 0 Å². The van der Waals surface area contributed by atoms with Gasteiger partial charge >= 0.3 is 0 Å². The quantitative estimate of drug-likeness (QED) is 0.730. The molecule has 0 N–H and O–H groups in total. The summed E-state index contributed by atoms with van der Waals surface area (Å²) in [6, 6.07) is 6.10. The summed E-state index contributed by atoms with van der Waals surface area (Å²) in [4.78, 5) is 0. The summed E-state index contributed by atoms with van der Waals surface area (Å²) in [5, 5.41) is 7.62. The van der Waals surface area contributed by atoms with E-state index >= 15 is 0 Å². The second kappa shape index (κ2) is 3.08. The zero-order chi connectivity index (χ0) is 10.2. The molecule has 0 aliphatic rings. The molecule has 0 radical (unpaired) electrons. The molecule has 0 saturated carbocycles. The molecule has 1 aromatic carbocycles. The van der Waals surface area contributed by atoms with Crippen molar-refractivity contribution in [3.63, 3.8) is 0 Å². The predicted molar refractivity (Wildman–Crippen MR) is 55.1 cm³/mol. The third-order valence-corrected chi connectivity index (χ3v) is 2.92. The average molecular weight is 190 g/mol. The van der Waals surface area contributed by atoms with Crippen LogP contribution in [0.25, 0.3) is 11.0 Å². The van der Waals surface area contributed by atoms with E-state index in [4.69, 9.17) is 0 Å². The van der Waals surface area contributed by atoms with Gasteiger partial charge in [-0.15, -0.1) is 0 Å². The summed E-state index contributed by atoms with van der Waals surface area (Å²) in [6.07, 6.45) is 1.10. The number of hydrogen-bond acceptors (Lipinski definition) is 3. The fourth-order valence-corrected chi connectivity index (χ4v) is 1.41. The number of benzene rings is 1. The second-order valence-electron chi connectivity index (χ2n) is 4.21. The maximum Gasteiger partial charge on any atom is 0.135 e. The van der Waals surface area contributed by atoms with Gasteiger partial charge in [-0.25, -0.2) is 4.63 Å². The van der Waals surface area contributed by atoms with E-state index in [1.807, 2.05) is 6.07 Å². The summed E-state index contributed by atoms with van der Waals surface area (Å²) in [5.41, 5.74) is 3.13. The predicted octanol–water partition coefficient (Wildman–Crippen LogP) is 2.91. The number of nitrogens with zero attached hydrogens (tertiary/aromatic N) is 2. The van der Waals surface area contributed by atoms with E-state index < -0.39 is 0 Å². The van der Waals surface area contributed by atoms with Crippen molar-refractivity contribution in [1.29, 1.82) is 0 Å². The molecule has 0 amide bonds. The van der Waals surface area contributed by atoms with Crippen molar-refractivity contribution in [2.75, 3.05) is 0 Å². The molecule has 0 bridgehead atoms. The lowest BCUT2D eigenvalue weighted by atomic mass is 9.82. The van der Waals surface area contributed by atoms with Crippen LogP contribution in [0, 0.1) is 0 Å². The van der Waals surface area contributed by atoms with Crippen LogP contribution >= 0.6 is 0 Å². The Labute approximate surface area is 83.1 Å². The number of fused-ring (bicyclic) bond motifs is 1. The number of rotatable bonds is 2. The number of hydrogen-bond donors (Lipinski definition) is 0. The first-order valence-corrected chi connectivity index (χ1v) is 4.86. The topological polar surface area (TPSA) is 38.9 Å². The summed E-state index contributed by atoms with van der Waals surface area (Å²) >= 11 is 0. The molecule has 0 aliphatic heterocycles. The summed E-state index contributed by atoms with van der Waals surface area (Å²) in [6.45, 7) is 6.63. The highest BCUT2D eigenvalue weighted by molar-refractivity contribution is 5.74. The van der Waals surface area contributed by atoms with Crippen LogP contribution in [0.4, 0.5) is 0 Å². The van der Waals surface area contributed by atoms with Gasteiger partial charge in [0.25, 0.3) is 0 Å². The third-order valence-electron chi connectivity index (χ3n) is 2.92. The normalized spacial score (nSPS) is 12.2. The summed E-state index contributed by atoms with van der Waals surface area (Å²) in [7, 11) is 0. The van der Waals surface area contributed by atoms with Crippen molar-refractivity contribution in [1.82, 2.24) is 10.3 Å². The van der Waals surface area contributed by atoms with Crippen LogP contribution in [0.2, 0.25) is 0 Å². The molecule has 2 aromatic rings. The second-order valence-corrected chi connectivity index (χ2v) is 4.21. The van der Waals surface area contributed by atoms with Crippen molar-refractivity contribution in [3.8, 4) is 0 Å². The van der Waals surface area contributed by atoms with Gasteiger partial charge in [0.05, 0.1) is 0 Å². The molecular formula is C11H14N2O. The van der Waals surface area contributed by atoms with Crippen LogP contribution in [-0.4, -0.2) is 10.3 Å². The van der Waals surface area contributed by atoms with Crippen molar-refractivity contribution in [2.24, 2.45) is 0 Å². The highest BCUT2D eigenvalue weighted by Crippen LogP contribution is 2.28. The average Bonchev–Trinajstić information content (AvgIpc) is 2.64. The molecule has 74 valence electrons. The molecule has 0 unspecified atom stereocenters. The van der Waals surface area contributed by atoms with Crippen LogP contribution in [0.5, 0.6) is 0 Å². The van der Waals surface area contributed by atoms with E-state index in [1.165, 1.54) is 5.56 Å². The Hall–Kier alpha value is -1.38. The van der Waals surface area contributed by atoms with Gasteiger partial charge < -0.3 is 0 Å². The minimum atomic E-state index is 0.188. The maximum absolute atomic E-state index is 4.67. The highest BCUT2D eigenvalue weighted by Gasteiger charge is 2.18. The van der Waals surface area contributed by atoms with Crippen molar-refractivity contribution in [2.45, 2.75) is 32.6 Å². The van der Waals surface area contributed by atoms with Crippen molar-refractivity contribution < 1.29 is 4.63 Å². The Balaban J connectivity index is 2.53. The molecule has 2 rings (SSSR count). The standard InChI is InChI=1S/C11H14N2O/c1-4-11(2,3)8-5-6-9-10(7-8)13-14-12-9/h5-7H,4H2,1-3H3. The van der Waals surface area contributed by atoms with Gasteiger partial charge in [-0.05, 0) is 39.8 Å². The SMILES string of the molecule is CCC(C)(C)c1ccc2nonc2c1. The maximum atomic E-state index is 4.67. The van der Waals surface area contributed by atoms with E-state index in [0.29, 0.717) is 0 Å². The van der Waals surface area contributed by atoms with Gasteiger partial charge in [0, 0.05) is 0 Å². The van der Waals surface area contributed by atoms with Crippen LogP contribution in [-0.2, 0) is 5.41 Å². The van der Waals surface area contributed by atoms with E-state index in [1.54, 1.807) is 0 Å². The lowest BCUT2D eigenvalue weighted by Crippen LogP contribution is -2.15. The molecule has 14 heavy (non-hydrogen) atoms. The molecule has 0 fully saturated rings. The molecule has 1 aromatic heterocycles. The Morgan fingerprint density at radius 2 is 1.93 bits per heavy atom. The largest absolute Gasteiger partial charge is 0.243 e. The zero-order valence-electron chi connectivity index (χ0n) is 8.74. The Morgan fingerprint density at radius 3 is 2.64 bits per heavy atom. The Bertz CT molecular complexity index is 445. The molecule has 0 spiro atoms. The molecule has 0 aliphatic carbocycles. The first-order chi connectivity index (χ1) is 6.63. The molecule has 3 nitrogen and oxygen atoms in total. The third kappa shape index (κ3) is 1.39. The van der Waals surface area contributed by atoms with Crippen LogP contribution in [0.1, 0.15) is 32.8 Å². The first kappa shape index (κ1) is 9.19. The smallest absolute Gasteiger partial charge is 0.135 e. The van der Waals surface area contributed by atoms with Crippen molar-refractivity contribution >= 4 is 11.0 Å². The fourth-order valence-electron chi connectivity index (χ4n) is 1.41. The van der Waals surface area contributed by atoms with Gasteiger partial charge in [0.2, 0.25) is 0 Å². The zero-order valence-corrected chi connectivity index (χ0v) is 8.74. The number of aromatic nitrogens is 2. The summed E-state index contributed by atoms with van der Waals surface area (Å²) in [5.74, 6) is 0. The van der Waals surface area contributed by atoms with Gasteiger partial charge in [0.1, 0.15) is 11.0 Å². The van der Waals surface area contributed by atoms with E-state index in [2.05, 4.69) is 47.8 Å². The van der Waals surface area contributed by atoms with Gasteiger partial charge in [-0.3, -0.25) is 0 Å². The minimum absolute atomic E-state index is 0.188. The molecule has 0 saturated heterocycles. The van der Waals surface area contributed by atoms with E-state index in [9.17, 15) is 0 Å². The monoisotopic (exact) mass is 190 g/mol. The van der Waals surface area contributed by atoms with Crippen molar-refractivity contribution in [3.05, 3.63) is 23.8 Å². The molecule has 1 heterocycles. The van der Waals surface area contributed by atoms with Crippen LogP contribution in [0.3, 0.4) is 0 Å². The van der Waals surface area contributed by atoms with E-state index in [-0.39, 0.29) is 5.41 Å². The lowest BCUT2D eigenvalue weighted by Gasteiger charge is -2.22. The van der Waals surface area contributed by atoms with Gasteiger partial charge in [-0.2, -0.15) is 0 Å². The molecule has 3 heteroatoms. The summed E-state index contributed by atoms with van der Waals surface area (Å²) < 4.78 is 4.67. The Kier molecular flexibility index (Phi) is 2.02. The fraction of sp³-hybridized carbons (Fsp3) is 0.455. The molecular weight excluding hydrogens is 176 g/mol. The van der Waals surface area contributed by atoms with Crippen LogP contribution in [0.15, 0.2) is 22.8 Å².